The molecule has 0 saturated heterocycles. The summed E-state index contributed by atoms with van der Waals surface area (Å²) in [4.78, 5) is 8.62. The van der Waals surface area contributed by atoms with E-state index in [1.165, 1.54) is 12.8 Å². The molecule has 0 amide bonds. The second-order valence-electron chi connectivity index (χ2n) is 4.58. The molecule has 4 heteroatoms. The van der Waals surface area contributed by atoms with Crippen molar-refractivity contribution in [3.63, 3.8) is 0 Å². The van der Waals surface area contributed by atoms with E-state index in [9.17, 15) is 0 Å². The summed E-state index contributed by atoms with van der Waals surface area (Å²) in [6.07, 6.45) is 2.51. The summed E-state index contributed by atoms with van der Waals surface area (Å²) < 4.78 is 5.64. The smallest absolute Gasteiger partial charge is 0.219 e. The monoisotopic (exact) mass is 241 g/mol. The lowest BCUT2D eigenvalue weighted by molar-refractivity contribution is 0.288. The molecule has 2 N–H and O–H groups in total. The summed E-state index contributed by atoms with van der Waals surface area (Å²) in [6.45, 7) is 0.727. The number of nitrogens with zero attached hydrogens (tertiary/aromatic N) is 2. The van der Waals surface area contributed by atoms with Crippen LogP contribution in [0.15, 0.2) is 36.4 Å². The van der Waals surface area contributed by atoms with Crippen molar-refractivity contribution in [1.82, 2.24) is 9.97 Å². The summed E-state index contributed by atoms with van der Waals surface area (Å²) in [5.74, 6) is 2.31. The van der Waals surface area contributed by atoms with Crippen molar-refractivity contribution in [1.29, 1.82) is 0 Å². The van der Waals surface area contributed by atoms with Gasteiger partial charge in [0.15, 0.2) is 5.82 Å². The van der Waals surface area contributed by atoms with Crippen LogP contribution in [-0.2, 0) is 0 Å². The Kier molecular flexibility index (Phi) is 2.84. The van der Waals surface area contributed by atoms with Gasteiger partial charge in [-0.05, 0) is 18.8 Å². The Balaban J connectivity index is 1.85. The molecule has 0 atom stereocenters. The molecule has 0 spiro atoms. The molecule has 1 aromatic heterocycles. The van der Waals surface area contributed by atoms with E-state index in [4.69, 9.17) is 10.5 Å². The fourth-order valence-electron chi connectivity index (χ4n) is 1.72. The highest BCUT2D eigenvalue weighted by Gasteiger charge is 2.22. The van der Waals surface area contributed by atoms with Crippen molar-refractivity contribution >= 4 is 5.82 Å². The number of hydrogen-bond donors (Lipinski definition) is 1. The van der Waals surface area contributed by atoms with Gasteiger partial charge in [-0.15, -0.1) is 0 Å². The number of benzene rings is 1. The lowest BCUT2D eigenvalue weighted by Crippen LogP contribution is -2.04. The van der Waals surface area contributed by atoms with E-state index in [2.05, 4.69) is 9.97 Å². The lowest BCUT2D eigenvalue weighted by Gasteiger charge is -2.07. The van der Waals surface area contributed by atoms with Gasteiger partial charge in [-0.1, -0.05) is 30.3 Å². The Bertz CT molecular complexity index is 538. The molecule has 1 aliphatic carbocycles. The second kappa shape index (κ2) is 4.64. The van der Waals surface area contributed by atoms with E-state index < -0.39 is 0 Å². The molecular weight excluding hydrogens is 226 g/mol. The fraction of sp³-hybridized carbons (Fsp3) is 0.286. The zero-order chi connectivity index (χ0) is 12.4. The van der Waals surface area contributed by atoms with Crippen LogP contribution in [0.1, 0.15) is 12.8 Å². The van der Waals surface area contributed by atoms with Crippen molar-refractivity contribution in [2.24, 2.45) is 5.92 Å². The van der Waals surface area contributed by atoms with Crippen LogP contribution in [0.3, 0.4) is 0 Å². The third-order valence-corrected chi connectivity index (χ3v) is 2.92. The Hall–Kier alpha value is -2.10. The number of rotatable bonds is 4. The summed E-state index contributed by atoms with van der Waals surface area (Å²) in [6, 6.07) is 11.5. The van der Waals surface area contributed by atoms with E-state index >= 15 is 0 Å². The molecule has 18 heavy (non-hydrogen) atoms. The van der Waals surface area contributed by atoms with Gasteiger partial charge in [0.1, 0.15) is 5.82 Å². The topological polar surface area (TPSA) is 61.0 Å². The van der Waals surface area contributed by atoms with Crippen LogP contribution < -0.4 is 10.5 Å². The Morgan fingerprint density at radius 2 is 1.94 bits per heavy atom. The van der Waals surface area contributed by atoms with Gasteiger partial charge in [-0.2, -0.15) is 4.98 Å². The van der Waals surface area contributed by atoms with Crippen LogP contribution in [0.2, 0.25) is 0 Å². The molecule has 0 unspecified atom stereocenters. The number of aromatic nitrogens is 2. The molecule has 92 valence electrons. The first-order valence-corrected chi connectivity index (χ1v) is 6.14. The summed E-state index contributed by atoms with van der Waals surface area (Å²) in [5.41, 5.74) is 6.73. The largest absolute Gasteiger partial charge is 0.477 e. The summed E-state index contributed by atoms with van der Waals surface area (Å²) in [7, 11) is 0. The van der Waals surface area contributed by atoms with Gasteiger partial charge in [-0.3, -0.25) is 0 Å². The SMILES string of the molecule is Nc1cc(OCC2CC2)nc(-c2ccccc2)n1. The van der Waals surface area contributed by atoms with Crippen LogP contribution in [0.25, 0.3) is 11.4 Å². The van der Waals surface area contributed by atoms with Gasteiger partial charge in [0.2, 0.25) is 5.88 Å². The first-order chi connectivity index (χ1) is 8.81. The highest BCUT2D eigenvalue weighted by molar-refractivity contribution is 5.57. The van der Waals surface area contributed by atoms with E-state index in [1.807, 2.05) is 30.3 Å². The van der Waals surface area contributed by atoms with Gasteiger partial charge < -0.3 is 10.5 Å². The van der Waals surface area contributed by atoms with Crippen molar-refractivity contribution in [2.75, 3.05) is 12.3 Å². The number of hydrogen-bond acceptors (Lipinski definition) is 4. The second-order valence-corrected chi connectivity index (χ2v) is 4.58. The summed E-state index contributed by atoms with van der Waals surface area (Å²) >= 11 is 0. The Morgan fingerprint density at radius 3 is 2.67 bits per heavy atom. The van der Waals surface area contributed by atoms with Crippen LogP contribution in [0.5, 0.6) is 5.88 Å². The minimum Gasteiger partial charge on any atom is -0.477 e. The maximum atomic E-state index is 5.79. The number of ether oxygens (including phenoxy) is 1. The molecule has 1 aromatic carbocycles. The molecule has 0 aliphatic heterocycles. The van der Waals surface area contributed by atoms with E-state index in [1.54, 1.807) is 6.07 Å². The number of nitrogens with two attached hydrogens (primary N) is 1. The van der Waals surface area contributed by atoms with Gasteiger partial charge in [0.05, 0.1) is 6.61 Å². The Morgan fingerprint density at radius 1 is 1.17 bits per heavy atom. The Labute approximate surface area is 106 Å². The van der Waals surface area contributed by atoms with E-state index in [0.717, 1.165) is 12.2 Å². The standard InChI is InChI=1S/C14H15N3O/c15-12-8-13(18-9-10-6-7-10)17-14(16-12)11-4-2-1-3-5-11/h1-5,8,10H,6-7,9H2,(H2,15,16,17). The minimum absolute atomic E-state index is 0.439. The first kappa shape index (κ1) is 11.0. The lowest BCUT2D eigenvalue weighted by atomic mass is 10.2. The molecule has 3 rings (SSSR count). The van der Waals surface area contributed by atoms with E-state index in [0.29, 0.717) is 23.4 Å². The van der Waals surface area contributed by atoms with Gasteiger partial charge in [-0.25, -0.2) is 4.98 Å². The first-order valence-electron chi connectivity index (χ1n) is 6.14. The molecule has 1 heterocycles. The fourth-order valence-corrected chi connectivity index (χ4v) is 1.72. The van der Waals surface area contributed by atoms with E-state index in [-0.39, 0.29) is 0 Å². The highest BCUT2D eigenvalue weighted by Crippen LogP contribution is 2.29. The minimum atomic E-state index is 0.439. The zero-order valence-electron chi connectivity index (χ0n) is 10.0. The zero-order valence-corrected chi connectivity index (χ0v) is 10.0. The quantitative estimate of drug-likeness (QED) is 0.893. The van der Waals surface area contributed by atoms with Crippen molar-refractivity contribution < 1.29 is 4.74 Å². The normalized spacial score (nSPS) is 14.4. The van der Waals surface area contributed by atoms with Crippen molar-refractivity contribution in [3.05, 3.63) is 36.4 Å². The predicted octanol–water partition coefficient (Wildman–Crippen LogP) is 2.51. The van der Waals surface area contributed by atoms with Crippen LogP contribution in [0.4, 0.5) is 5.82 Å². The molecule has 1 fully saturated rings. The molecule has 0 radical (unpaired) electrons. The third-order valence-electron chi connectivity index (χ3n) is 2.92. The van der Waals surface area contributed by atoms with Crippen LogP contribution in [-0.4, -0.2) is 16.6 Å². The average molecular weight is 241 g/mol. The average Bonchev–Trinajstić information content (AvgIpc) is 3.21. The van der Waals surface area contributed by atoms with Crippen molar-refractivity contribution in [2.45, 2.75) is 12.8 Å². The molecule has 4 nitrogen and oxygen atoms in total. The molecule has 0 bridgehead atoms. The molecule has 1 aliphatic rings. The number of nitrogen functional groups attached to an aromatic ring is 1. The van der Waals surface area contributed by atoms with Crippen LogP contribution in [0, 0.1) is 5.92 Å². The van der Waals surface area contributed by atoms with Crippen molar-refractivity contribution in [3.8, 4) is 17.3 Å². The maximum absolute atomic E-state index is 5.79. The highest BCUT2D eigenvalue weighted by atomic mass is 16.5. The van der Waals surface area contributed by atoms with Gasteiger partial charge in [0, 0.05) is 11.6 Å². The van der Waals surface area contributed by atoms with Gasteiger partial charge in [0.25, 0.3) is 0 Å². The molecule has 1 saturated carbocycles. The van der Waals surface area contributed by atoms with Crippen LogP contribution >= 0.6 is 0 Å². The molecular formula is C14H15N3O. The summed E-state index contributed by atoms with van der Waals surface area (Å²) in [5, 5.41) is 0. The third kappa shape index (κ3) is 2.59. The van der Waals surface area contributed by atoms with Gasteiger partial charge >= 0.3 is 0 Å². The maximum Gasteiger partial charge on any atom is 0.219 e. The predicted molar refractivity (Wildman–Crippen MR) is 70.1 cm³/mol. The molecule has 2 aromatic rings. The number of anilines is 1.